The summed E-state index contributed by atoms with van der Waals surface area (Å²) in [4.78, 5) is 23.8. The van der Waals surface area contributed by atoms with Gasteiger partial charge in [0.1, 0.15) is 6.04 Å². The number of fused-ring (bicyclic) bond motifs is 3. The molecule has 6 nitrogen and oxygen atoms in total. The van der Waals surface area contributed by atoms with Crippen LogP contribution in [0.1, 0.15) is 57.1 Å². The molecule has 4 N–H and O–H groups in total. The molecule has 2 aromatic carbocycles. The van der Waals surface area contributed by atoms with Crippen LogP contribution in [0, 0.1) is 11.3 Å². The molecule has 0 heterocycles. The number of amides is 2. The lowest BCUT2D eigenvalue weighted by Crippen LogP contribution is -2.75. The van der Waals surface area contributed by atoms with Crippen molar-refractivity contribution in [3.8, 4) is 11.1 Å². The molecule has 1 unspecified atom stereocenters. The summed E-state index contributed by atoms with van der Waals surface area (Å²) < 4.78 is 30.9. The molecule has 0 bridgehead atoms. The van der Waals surface area contributed by atoms with E-state index in [9.17, 15) is 19.8 Å². The fourth-order valence-electron chi connectivity index (χ4n) is 6.51. The van der Waals surface area contributed by atoms with E-state index in [-0.39, 0.29) is 12.8 Å². The minimum Gasteiger partial charge on any atom is -0.465 e. The zero-order valence-electron chi connectivity index (χ0n) is 19.4. The zero-order valence-corrected chi connectivity index (χ0v) is 19.4. The Balaban J connectivity index is 2.02. The van der Waals surface area contributed by atoms with E-state index in [4.69, 9.17) is 0 Å². The molecule has 0 aromatic heterocycles. The lowest BCUT2D eigenvalue weighted by atomic mass is 9.55. The highest BCUT2D eigenvalue weighted by molar-refractivity contribution is 5.79. The van der Waals surface area contributed by atoms with Gasteiger partial charge in [-0.1, -0.05) is 69.3 Å². The third-order valence-corrected chi connectivity index (χ3v) is 7.35. The topological polar surface area (TPSA) is 98.7 Å². The molecule has 0 radical (unpaired) electrons. The van der Waals surface area contributed by atoms with Crippen LogP contribution in [-0.2, 0) is 0 Å². The third kappa shape index (κ3) is 3.89. The predicted octanol–water partition coefficient (Wildman–Crippen LogP) is 5.92. The first-order valence-corrected chi connectivity index (χ1v) is 11.4. The molecule has 182 valence electrons. The second-order valence-corrected chi connectivity index (χ2v) is 10.5. The minimum absolute atomic E-state index is 0.0632. The predicted molar refractivity (Wildman–Crippen MR) is 124 cm³/mol. The first kappa shape index (κ1) is 24.0. The van der Waals surface area contributed by atoms with Gasteiger partial charge in [0, 0.05) is 18.3 Å². The number of halogens is 2. The molecule has 2 amide bonds. The quantitative estimate of drug-likeness (QED) is 0.444. The fourth-order valence-corrected chi connectivity index (χ4v) is 6.51. The van der Waals surface area contributed by atoms with Gasteiger partial charge in [0.15, 0.2) is 0 Å². The normalized spacial score (nSPS) is 24.6. The summed E-state index contributed by atoms with van der Waals surface area (Å²) in [5.74, 6) is -4.53. The monoisotopic (exact) mass is 472 g/mol. The van der Waals surface area contributed by atoms with E-state index in [0.717, 1.165) is 22.3 Å². The van der Waals surface area contributed by atoms with Crippen LogP contribution in [0.3, 0.4) is 0 Å². The average Bonchev–Trinajstić information content (AvgIpc) is 3.04. The van der Waals surface area contributed by atoms with Crippen LogP contribution < -0.4 is 10.6 Å². The number of nitrogens with one attached hydrogen (secondary N) is 2. The van der Waals surface area contributed by atoms with Crippen molar-refractivity contribution in [1.82, 2.24) is 10.6 Å². The van der Waals surface area contributed by atoms with E-state index in [0.29, 0.717) is 0 Å². The van der Waals surface area contributed by atoms with Gasteiger partial charge in [0.25, 0.3) is 5.92 Å². The molecule has 1 fully saturated rings. The lowest BCUT2D eigenvalue weighted by molar-refractivity contribution is -0.121. The molecule has 34 heavy (non-hydrogen) atoms. The zero-order chi connectivity index (χ0) is 24.9. The van der Waals surface area contributed by atoms with Gasteiger partial charge in [-0.25, -0.2) is 18.4 Å². The van der Waals surface area contributed by atoms with Crippen molar-refractivity contribution in [3.05, 3.63) is 59.7 Å². The molecule has 2 aromatic rings. The standard InChI is InChI=1S/C26H30F2N2O4/c1-24(2,3)20(19-17-11-6-4-9-15(17)16-10-5-7-12-18(16)19)25(30-23(33)34)13-8-14-26(27,28)21(25)29-22(31)32/h4-7,9-12,19-21,29-30H,8,13-14H2,1-3H3,(H,31,32)(H,33,34)/t20?,21-,25+/m1/s1. The van der Waals surface area contributed by atoms with Crippen molar-refractivity contribution in [2.45, 2.75) is 63.5 Å². The van der Waals surface area contributed by atoms with Gasteiger partial charge >= 0.3 is 12.2 Å². The molecular formula is C26H30F2N2O4. The van der Waals surface area contributed by atoms with Crippen molar-refractivity contribution in [2.75, 3.05) is 0 Å². The molecule has 2 aliphatic rings. The van der Waals surface area contributed by atoms with Crippen LogP contribution in [0.5, 0.6) is 0 Å². The molecule has 1 saturated carbocycles. The molecular weight excluding hydrogens is 442 g/mol. The largest absolute Gasteiger partial charge is 0.465 e. The molecule has 2 aliphatic carbocycles. The number of carboxylic acid groups (broad SMARTS) is 2. The first-order valence-electron chi connectivity index (χ1n) is 11.4. The molecule has 3 atom stereocenters. The Morgan fingerprint density at radius 2 is 1.47 bits per heavy atom. The van der Waals surface area contributed by atoms with Crippen molar-refractivity contribution in [1.29, 1.82) is 0 Å². The van der Waals surface area contributed by atoms with Gasteiger partial charge in [-0.15, -0.1) is 0 Å². The number of alkyl halides is 2. The highest BCUT2D eigenvalue weighted by Gasteiger charge is 2.64. The number of hydrogen-bond acceptors (Lipinski definition) is 2. The van der Waals surface area contributed by atoms with E-state index in [1.807, 2.05) is 74.6 Å². The summed E-state index contributed by atoms with van der Waals surface area (Å²) in [5, 5.41) is 23.9. The molecule has 8 heteroatoms. The van der Waals surface area contributed by atoms with Crippen LogP contribution in [0.25, 0.3) is 11.1 Å². The molecule has 0 spiro atoms. The van der Waals surface area contributed by atoms with Gasteiger partial charge in [-0.2, -0.15) is 0 Å². The summed E-state index contributed by atoms with van der Waals surface area (Å²) in [6.07, 6.45) is -3.43. The van der Waals surface area contributed by atoms with Gasteiger partial charge in [0.05, 0.1) is 5.54 Å². The van der Waals surface area contributed by atoms with Crippen molar-refractivity contribution in [2.24, 2.45) is 11.3 Å². The van der Waals surface area contributed by atoms with Crippen LogP contribution in [0.15, 0.2) is 48.5 Å². The smallest absolute Gasteiger partial charge is 0.405 e. The highest BCUT2D eigenvalue weighted by Crippen LogP contribution is 2.59. The first-order chi connectivity index (χ1) is 15.9. The van der Waals surface area contributed by atoms with Crippen molar-refractivity contribution >= 4 is 12.2 Å². The van der Waals surface area contributed by atoms with Gasteiger partial charge in [-0.05, 0) is 40.5 Å². The maximum absolute atomic E-state index is 15.4. The second-order valence-electron chi connectivity index (χ2n) is 10.5. The third-order valence-electron chi connectivity index (χ3n) is 7.35. The number of rotatable bonds is 4. The minimum atomic E-state index is -3.43. The number of benzene rings is 2. The Bertz CT molecular complexity index is 1070. The second kappa shape index (κ2) is 8.25. The van der Waals surface area contributed by atoms with Gasteiger partial charge in [0.2, 0.25) is 0 Å². The summed E-state index contributed by atoms with van der Waals surface area (Å²) in [5.41, 5.74) is 1.39. The van der Waals surface area contributed by atoms with Crippen LogP contribution in [0.2, 0.25) is 0 Å². The van der Waals surface area contributed by atoms with Crippen molar-refractivity contribution < 1.29 is 28.6 Å². The maximum atomic E-state index is 15.4. The van der Waals surface area contributed by atoms with E-state index >= 15 is 8.78 Å². The van der Waals surface area contributed by atoms with Crippen LogP contribution in [0.4, 0.5) is 18.4 Å². The van der Waals surface area contributed by atoms with E-state index in [2.05, 4.69) is 5.32 Å². The molecule has 0 aliphatic heterocycles. The average molecular weight is 473 g/mol. The summed E-state index contributed by atoms with van der Waals surface area (Å²) >= 11 is 0. The maximum Gasteiger partial charge on any atom is 0.405 e. The Labute approximate surface area is 197 Å². The van der Waals surface area contributed by atoms with E-state index < -0.39 is 53.4 Å². The summed E-state index contributed by atoms with van der Waals surface area (Å²) in [6, 6.07) is 13.5. The van der Waals surface area contributed by atoms with Crippen molar-refractivity contribution in [3.63, 3.8) is 0 Å². The summed E-state index contributed by atoms with van der Waals surface area (Å²) in [7, 11) is 0. The molecule has 4 rings (SSSR count). The number of hydrogen-bond donors (Lipinski definition) is 4. The Morgan fingerprint density at radius 1 is 0.941 bits per heavy atom. The number of carbonyl (C=O) groups is 2. The van der Waals surface area contributed by atoms with Gasteiger partial charge < -0.3 is 20.8 Å². The SMILES string of the molecule is CC(C)(C)C(C1c2ccccc2-c2ccccc21)[C@@]1(NC(=O)O)CCCC(F)(F)[C@@H]1NC(=O)O. The Kier molecular flexibility index (Phi) is 5.82. The highest BCUT2D eigenvalue weighted by atomic mass is 19.3. The van der Waals surface area contributed by atoms with E-state index in [1.165, 1.54) is 0 Å². The molecule has 0 saturated heterocycles. The van der Waals surface area contributed by atoms with Crippen LogP contribution in [-0.4, -0.2) is 39.9 Å². The fraction of sp³-hybridized carbons (Fsp3) is 0.462. The summed E-state index contributed by atoms with van der Waals surface area (Å²) in [6.45, 7) is 5.70. The van der Waals surface area contributed by atoms with Crippen LogP contribution >= 0.6 is 0 Å². The Morgan fingerprint density at radius 3 is 1.94 bits per heavy atom. The van der Waals surface area contributed by atoms with E-state index in [1.54, 1.807) is 0 Å². The Hall–Kier alpha value is -3.16. The van der Waals surface area contributed by atoms with Gasteiger partial charge in [-0.3, -0.25) is 0 Å². The lowest BCUT2D eigenvalue weighted by Gasteiger charge is -2.56.